The number of hydrogen-bond acceptors (Lipinski definition) is 5. The molecule has 0 saturated carbocycles. The van der Waals surface area contributed by atoms with Crippen molar-refractivity contribution in [3.05, 3.63) is 65.7 Å². The van der Waals surface area contributed by atoms with Crippen molar-refractivity contribution in [1.82, 2.24) is 24.6 Å². The SMILES string of the molecule is Cc1c(C(=O)N2CCN(c3ncccn3)CC2)cnn1-c1cccc(C(F)(F)F)c1. The van der Waals surface area contributed by atoms with E-state index in [-0.39, 0.29) is 11.6 Å². The molecule has 7 nitrogen and oxygen atoms in total. The molecule has 0 atom stereocenters. The smallest absolute Gasteiger partial charge is 0.337 e. The first kappa shape index (κ1) is 19.9. The van der Waals surface area contributed by atoms with Gasteiger partial charge in [-0.25, -0.2) is 14.6 Å². The molecule has 0 spiro atoms. The first-order valence-electron chi connectivity index (χ1n) is 9.38. The van der Waals surface area contributed by atoms with E-state index >= 15 is 0 Å². The number of benzene rings is 1. The Labute approximate surface area is 170 Å². The molecule has 1 amide bonds. The summed E-state index contributed by atoms with van der Waals surface area (Å²) in [6.07, 6.45) is 0.305. The summed E-state index contributed by atoms with van der Waals surface area (Å²) in [6, 6.07) is 6.62. The van der Waals surface area contributed by atoms with Crippen molar-refractivity contribution in [3.63, 3.8) is 0 Å². The van der Waals surface area contributed by atoms with E-state index in [1.165, 1.54) is 23.0 Å². The first-order chi connectivity index (χ1) is 14.3. The van der Waals surface area contributed by atoms with Gasteiger partial charge in [0.25, 0.3) is 5.91 Å². The molecule has 3 heterocycles. The minimum absolute atomic E-state index is 0.195. The molecule has 1 aliphatic rings. The van der Waals surface area contributed by atoms with Crippen LogP contribution in [0.25, 0.3) is 5.69 Å². The molecule has 3 aromatic rings. The van der Waals surface area contributed by atoms with Crippen molar-refractivity contribution < 1.29 is 18.0 Å². The summed E-state index contributed by atoms with van der Waals surface area (Å²) in [7, 11) is 0. The van der Waals surface area contributed by atoms with Crippen molar-refractivity contribution in [1.29, 1.82) is 0 Å². The highest BCUT2D eigenvalue weighted by molar-refractivity contribution is 5.95. The van der Waals surface area contributed by atoms with Crippen LogP contribution in [-0.4, -0.2) is 56.7 Å². The standard InChI is InChI=1S/C20H19F3N6O/c1-14-17(13-26-29(14)16-5-2-4-15(12-16)20(21,22)23)18(30)27-8-10-28(11-9-27)19-24-6-3-7-25-19/h2-7,12-13H,8-11H2,1H3. The average Bonchev–Trinajstić information content (AvgIpc) is 3.15. The highest BCUT2D eigenvalue weighted by Crippen LogP contribution is 2.30. The molecule has 156 valence electrons. The van der Waals surface area contributed by atoms with Gasteiger partial charge >= 0.3 is 6.18 Å². The first-order valence-corrected chi connectivity index (χ1v) is 9.38. The third kappa shape index (κ3) is 3.85. The lowest BCUT2D eigenvalue weighted by atomic mass is 10.1. The molecule has 10 heteroatoms. The van der Waals surface area contributed by atoms with Crippen molar-refractivity contribution in [2.45, 2.75) is 13.1 Å². The van der Waals surface area contributed by atoms with Gasteiger partial charge in [-0.05, 0) is 31.2 Å². The molecule has 0 aliphatic carbocycles. The molecular formula is C20H19F3N6O. The Kier molecular flexibility index (Phi) is 5.15. The molecule has 1 aliphatic heterocycles. The fourth-order valence-corrected chi connectivity index (χ4v) is 3.43. The van der Waals surface area contributed by atoms with Gasteiger partial charge in [-0.2, -0.15) is 18.3 Å². The number of piperazine rings is 1. The number of alkyl halides is 3. The van der Waals surface area contributed by atoms with Gasteiger partial charge in [-0.15, -0.1) is 0 Å². The van der Waals surface area contributed by atoms with Crippen LogP contribution in [0.1, 0.15) is 21.6 Å². The van der Waals surface area contributed by atoms with Crippen LogP contribution < -0.4 is 4.90 Å². The van der Waals surface area contributed by atoms with Gasteiger partial charge in [0.05, 0.1) is 28.7 Å². The number of carbonyl (C=O) groups excluding carboxylic acids is 1. The highest BCUT2D eigenvalue weighted by atomic mass is 19.4. The minimum atomic E-state index is -4.45. The van der Waals surface area contributed by atoms with Gasteiger partial charge in [-0.3, -0.25) is 4.79 Å². The van der Waals surface area contributed by atoms with Crippen LogP contribution in [0.5, 0.6) is 0 Å². The molecule has 1 aromatic carbocycles. The van der Waals surface area contributed by atoms with Crippen LogP contribution in [0.3, 0.4) is 0 Å². The molecule has 0 bridgehead atoms. The van der Waals surface area contributed by atoms with E-state index in [1.807, 2.05) is 4.90 Å². The van der Waals surface area contributed by atoms with Gasteiger partial charge in [-0.1, -0.05) is 6.07 Å². The van der Waals surface area contributed by atoms with Gasteiger partial charge in [0.15, 0.2) is 0 Å². The summed E-state index contributed by atoms with van der Waals surface area (Å²) >= 11 is 0. The molecule has 0 unspecified atom stereocenters. The highest BCUT2D eigenvalue weighted by Gasteiger charge is 2.31. The number of aromatic nitrogens is 4. The largest absolute Gasteiger partial charge is 0.416 e. The molecule has 0 radical (unpaired) electrons. The van der Waals surface area contributed by atoms with E-state index in [0.29, 0.717) is 43.4 Å². The van der Waals surface area contributed by atoms with E-state index < -0.39 is 11.7 Å². The van der Waals surface area contributed by atoms with Gasteiger partial charge in [0.1, 0.15) is 0 Å². The maximum Gasteiger partial charge on any atom is 0.416 e. The number of amides is 1. The fourth-order valence-electron chi connectivity index (χ4n) is 3.43. The molecule has 1 fully saturated rings. The third-order valence-corrected chi connectivity index (χ3v) is 5.06. The maximum atomic E-state index is 13.0. The van der Waals surface area contributed by atoms with Crippen LogP contribution in [0.15, 0.2) is 48.9 Å². The van der Waals surface area contributed by atoms with Crippen molar-refractivity contribution in [2.75, 3.05) is 31.1 Å². The van der Waals surface area contributed by atoms with Crippen LogP contribution in [0.4, 0.5) is 19.1 Å². The zero-order valence-electron chi connectivity index (χ0n) is 16.2. The Morgan fingerprint density at radius 1 is 1.03 bits per heavy atom. The summed E-state index contributed by atoms with van der Waals surface area (Å²) in [6.45, 7) is 3.85. The van der Waals surface area contributed by atoms with E-state index in [0.717, 1.165) is 12.1 Å². The summed E-state index contributed by atoms with van der Waals surface area (Å²) in [5.74, 6) is 0.428. The second-order valence-corrected chi connectivity index (χ2v) is 6.93. The summed E-state index contributed by atoms with van der Waals surface area (Å²) < 4.78 is 40.4. The Hall–Kier alpha value is -3.43. The predicted molar refractivity (Wildman–Crippen MR) is 103 cm³/mol. The van der Waals surface area contributed by atoms with E-state index in [9.17, 15) is 18.0 Å². The third-order valence-electron chi connectivity index (χ3n) is 5.06. The Morgan fingerprint density at radius 3 is 2.40 bits per heavy atom. The number of carbonyl (C=O) groups is 1. The van der Waals surface area contributed by atoms with Crippen LogP contribution in [-0.2, 0) is 6.18 Å². The zero-order chi connectivity index (χ0) is 21.3. The maximum absolute atomic E-state index is 13.0. The molecule has 2 aromatic heterocycles. The van der Waals surface area contributed by atoms with E-state index in [2.05, 4.69) is 15.1 Å². The fraction of sp³-hybridized carbons (Fsp3) is 0.300. The average molecular weight is 416 g/mol. The van der Waals surface area contributed by atoms with Gasteiger partial charge in [0.2, 0.25) is 5.95 Å². The predicted octanol–water partition coefficient (Wildman–Crippen LogP) is 2.95. The summed E-state index contributed by atoms with van der Waals surface area (Å²) in [4.78, 5) is 25.1. The Morgan fingerprint density at radius 2 is 1.73 bits per heavy atom. The summed E-state index contributed by atoms with van der Waals surface area (Å²) in [5, 5.41) is 4.16. The van der Waals surface area contributed by atoms with Crippen LogP contribution >= 0.6 is 0 Å². The number of anilines is 1. The molecule has 0 N–H and O–H groups in total. The van der Waals surface area contributed by atoms with Crippen molar-refractivity contribution in [3.8, 4) is 5.69 Å². The topological polar surface area (TPSA) is 67.2 Å². The molecule has 1 saturated heterocycles. The van der Waals surface area contributed by atoms with Crippen molar-refractivity contribution >= 4 is 11.9 Å². The lowest BCUT2D eigenvalue weighted by Crippen LogP contribution is -2.49. The quantitative estimate of drug-likeness (QED) is 0.657. The number of nitrogens with zero attached hydrogens (tertiary/aromatic N) is 6. The number of halogens is 3. The monoisotopic (exact) mass is 416 g/mol. The lowest BCUT2D eigenvalue weighted by molar-refractivity contribution is -0.137. The summed E-state index contributed by atoms with van der Waals surface area (Å²) in [5.41, 5.74) is 0.361. The Balaban J connectivity index is 1.50. The lowest BCUT2D eigenvalue weighted by Gasteiger charge is -2.34. The number of hydrogen-bond donors (Lipinski definition) is 0. The molecule has 4 rings (SSSR count). The second kappa shape index (κ2) is 7.77. The zero-order valence-corrected chi connectivity index (χ0v) is 16.2. The van der Waals surface area contributed by atoms with E-state index in [1.54, 1.807) is 30.3 Å². The minimum Gasteiger partial charge on any atom is -0.337 e. The van der Waals surface area contributed by atoms with Gasteiger partial charge < -0.3 is 9.80 Å². The van der Waals surface area contributed by atoms with Crippen molar-refractivity contribution in [2.24, 2.45) is 0 Å². The Bertz CT molecular complexity index is 1040. The van der Waals surface area contributed by atoms with E-state index in [4.69, 9.17) is 0 Å². The molecular weight excluding hydrogens is 397 g/mol. The second-order valence-electron chi connectivity index (χ2n) is 6.93. The number of rotatable bonds is 3. The van der Waals surface area contributed by atoms with Crippen LogP contribution in [0.2, 0.25) is 0 Å². The normalized spacial score (nSPS) is 14.8. The molecule has 30 heavy (non-hydrogen) atoms. The van der Waals surface area contributed by atoms with Crippen LogP contribution in [0, 0.1) is 6.92 Å². The van der Waals surface area contributed by atoms with Gasteiger partial charge in [0, 0.05) is 38.6 Å².